The van der Waals surface area contributed by atoms with E-state index in [4.69, 9.17) is 4.74 Å². The van der Waals surface area contributed by atoms with Crippen molar-refractivity contribution in [3.63, 3.8) is 0 Å². The van der Waals surface area contributed by atoms with Gasteiger partial charge in [-0.15, -0.1) is 0 Å². The van der Waals surface area contributed by atoms with E-state index in [1.165, 1.54) is 0 Å². The highest BCUT2D eigenvalue weighted by Crippen LogP contribution is 2.21. The van der Waals surface area contributed by atoms with Crippen LogP contribution in [0.3, 0.4) is 0 Å². The fourth-order valence-electron chi connectivity index (χ4n) is 1.90. The number of rotatable bonds is 4. The molecule has 0 saturated heterocycles. The van der Waals surface area contributed by atoms with Crippen LogP contribution in [0.15, 0.2) is 54.6 Å². The summed E-state index contributed by atoms with van der Waals surface area (Å²) in [5, 5.41) is 0. The van der Waals surface area contributed by atoms with Crippen LogP contribution in [0.4, 0.5) is 0 Å². The molecule has 2 heteroatoms. The maximum absolute atomic E-state index is 12.3. The van der Waals surface area contributed by atoms with Gasteiger partial charge in [0.05, 0.1) is 7.11 Å². The van der Waals surface area contributed by atoms with Crippen molar-refractivity contribution in [1.29, 1.82) is 0 Å². The normalized spacial score (nSPS) is 11.9. The van der Waals surface area contributed by atoms with E-state index in [2.05, 4.69) is 0 Å². The molecule has 0 radical (unpaired) electrons. The molecule has 0 aliphatic carbocycles. The summed E-state index contributed by atoms with van der Waals surface area (Å²) in [6, 6.07) is 17.0. The Bertz CT molecular complexity index is 515. The van der Waals surface area contributed by atoms with Crippen molar-refractivity contribution in [2.24, 2.45) is 0 Å². The minimum Gasteiger partial charge on any atom is -0.497 e. The average Bonchev–Trinajstić information content (AvgIpc) is 2.47. The SMILES string of the molecule is COc1ccc(C(=O)[C@@H](C)c2ccccc2)cc1. The van der Waals surface area contributed by atoms with Gasteiger partial charge in [0.25, 0.3) is 0 Å². The Morgan fingerprint density at radius 3 is 2.17 bits per heavy atom. The zero-order valence-electron chi connectivity index (χ0n) is 10.6. The van der Waals surface area contributed by atoms with Gasteiger partial charge in [0, 0.05) is 11.5 Å². The number of ketones is 1. The zero-order valence-corrected chi connectivity index (χ0v) is 10.6. The summed E-state index contributed by atoms with van der Waals surface area (Å²) in [7, 11) is 1.61. The minimum absolute atomic E-state index is 0.125. The molecule has 2 aromatic carbocycles. The Hall–Kier alpha value is -2.09. The van der Waals surface area contributed by atoms with Gasteiger partial charge in [-0.3, -0.25) is 4.79 Å². The lowest BCUT2D eigenvalue weighted by atomic mass is 9.92. The third kappa shape index (κ3) is 2.59. The Morgan fingerprint density at radius 2 is 1.61 bits per heavy atom. The van der Waals surface area contributed by atoms with Crippen molar-refractivity contribution in [1.82, 2.24) is 0 Å². The van der Waals surface area contributed by atoms with Crippen LogP contribution in [-0.2, 0) is 0 Å². The van der Waals surface area contributed by atoms with Gasteiger partial charge >= 0.3 is 0 Å². The monoisotopic (exact) mass is 240 g/mol. The summed E-state index contributed by atoms with van der Waals surface area (Å²) >= 11 is 0. The molecule has 2 nitrogen and oxygen atoms in total. The molecule has 0 spiro atoms. The fourth-order valence-corrected chi connectivity index (χ4v) is 1.90. The predicted molar refractivity (Wildman–Crippen MR) is 72.2 cm³/mol. The average molecular weight is 240 g/mol. The number of carbonyl (C=O) groups excluding carboxylic acids is 1. The Balaban J connectivity index is 2.20. The van der Waals surface area contributed by atoms with Gasteiger partial charge < -0.3 is 4.74 Å². The number of benzene rings is 2. The quantitative estimate of drug-likeness (QED) is 0.762. The van der Waals surface area contributed by atoms with E-state index in [0.29, 0.717) is 5.56 Å². The number of methoxy groups -OCH3 is 1. The molecule has 0 bridgehead atoms. The van der Waals surface area contributed by atoms with E-state index < -0.39 is 0 Å². The molecule has 0 heterocycles. The van der Waals surface area contributed by atoms with Crippen LogP contribution in [-0.4, -0.2) is 12.9 Å². The molecule has 1 atom stereocenters. The fraction of sp³-hybridized carbons (Fsp3) is 0.188. The molecule has 0 saturated carbocycles. The zero-order chi connectivity index (χ0) is 13.0. The summed E-state index contributed by atoms with van der Waals surface area (Å²) < 4.78 is 5.08. The second kappa shape index (κ2) is 5.50. The number of hydrogen-bond donors (Lipinski definition) is 0. The lowest BCUT2D eigenvalue weighted by Gasteiger charge is -2.11. The van der Waals surface area contributed by atoms with Crippen LogP contribution in [0.1, 0.15) is 28.8 Å². The van der Waals surface area contributed by atoms with Crippen molar-refractivity contribution in [3.8, 4) is 5.75 Å². The van der Waals surface area contributed by atoms with Gasteiger partial charge in [-0.25, -0.2) is 0 Å². The van der Waals surface area contributed by atoms with Crippen LogP contribution in [0.2, 0.25) is 0 Å². The van der Waals surface area contributed by atoms with E-state index in [9.17, 15) is 4.79 Å². The molecule has 0 unspecified atom stereocenters. The standard InChI is InChI=1S/C16H16O2/c1-12(13-6-4-3-5-7-13)16(17)14-8-10-15(18-2)11-9-14/h3-12H,1-2H3/t12-/m0/s1. The number of hydrogen-bond acceptors (Lipinski definition) is 2. The first-order valence-corrected chi connectivity index (χ1v) is 5.95. The van der Waals surface area contributed by atoms with Crippen molar-refractivity contribution in [3.05, 3.63) is 65.7 Å². The molecule has 18 heavy (non-hydrogen) atoms. The maximum atomic E-state index is 12.3. The van der Waals surface area contributed by atoms with Gasteiger partial charge in [-0.1, -0.05) is 37.3 Å². The number of ether oxygens (including phenoxy) is 1. The molecule has 0 fully saturated rings. The smallest absolute Gasteiger partial charge is 0.170 e. The van der Waals surface area contributed by atoms with Crippen molar-refractivity contribution < 1.29 is 9.53 Å². The first-order chi connectivity index (χ1) is 8.72. The molecule has 0 aliphatic rings. The first-order valence-electron chi connectivity index (χ1n) is 5.95. The van der Waals surface area contributed by atoms with E-state index in [0.717, 1.165) is 11.3 Å². The van der Waals surface area contributed by atoms with Crippen molar-refractivity contribution in [2.75, 3.05) is 7.11 Å². The van der Waals surface area contributed by atoms with E-state index in [1.807, 2.05) is 49.4 Å². The highest BCUT2D eigenvalue weighted by Gasteiger charge is 2.16. The maximum Gasteiger partial charge on any atom is 0.170 e. The molecule has 92 valence electrons. The molecule has 2 aromatic rings. The van der Waals surface area contributed by atoms with Gasteiger partial charge in [0.15, 0.2) is 5.78 Å². The summed E-state index contributed by atoms with van der Waals surface area (Å²) in [6.07, 6.45) is 0. The Kier molecular flexibility index (Phi) is 3.78. The topological polar surface area (TPSA) is 26.3 Å². The number of carbonyl (C=O) groups is 1. The van der Waals surface area contributed by atoms with Crippen LogP contribution < -0.4 is 4.74 Å². The molecule has 0 N–H and O–H groups in total. The minimum atomic E-state index is -0.125. The second-order valence-corrected chi connectivity index (χ2v) is 4.23. The highest BCUT2D eigenvalue weighted by molar-refractivity contribution is 6.00. The van der Waals surface area contributed by atoms with E-state index >= 15 is 0 Å². The van der Waals surface area contributed by atoms with E-state index in [-0.39, 0.29) is 11.7 Å². The summed E-state index contributed by atoms with van der Waals surface area (Å²) in [6.45, 7) is 1.93. The summed E-state index contributed by atoms with van der Waals surface area (Å²) in [5.41, 5.74) is 1.76. The molecule has 2 rings (SSSR count). The molecule has 0 amide bonds. The lowest BCUT2D eigenvalue weighted by Crippen LogP contribution is -2.09. The van der Waals surface area contributed by atoms with Crippen LogP contribution in [0.5, 0.6) is 5.75 Å². The second-order valence-electron chi connectivity index (χ2n) is 4.23. The lowest BCUT2D eigenvalue weighted by molar-refractivity contribution is 0.0966. The third-order valence-corrected chi connectivity index (χ3v) is 3.07. The predicted octanol–water partition coefficient (Wildman–Crippen LogP) is 3.68. The van der Waals surface area contributed by atoms with Gasteiger partial charge in [-0.2, -0.15) is 0 Å². The van der Waals surface area contributed by atoms with Gasteiger partial charge in [0.1, 0.15) is 5.75 Å². The number of Topliss-reactive ketones (excluding diaryl/α,β-unsaturated/α-hetero) is 1. The summed E-state index contributed by atoms with van der Waals surface area (Å²) in [4.78, 5) is 12.3. The summed E-state index contributed by atoms with van der Waals surface area (Å²) in [5.74, 6) is 0.766. The molecular weight excluding hydrogens is 224 g/mol. The largest absolute Gasteiger partial charge is 0.497 e. The van der Waals surface area contributed by atoms with Crippen molar-refractivity contribution in [2.45, 2.75) is 12.8 Å². The van der Waals surface area contributed by atoms with E-state index in [1.54, 1.807) is 19.2 Å². The highest BCUT2D eigenvalue weighted by atomic mass is 16.5. The van der Waals surface area contributed by atoms with Crippen LogP contribution in [0, 0.1) is 0 Å². The molecule has 0 aromatic heterocycles. The van der Waals surface area contributed by atoms with Gasteiger partial charge in [-0.05, 0) is 29.8 Å². The first kappa shape index (κ1) is 12.4. The van der Waals surface area contributed by atoms with Crippen molar-refractivity contribution >= 4 is 5.78 Å². The van der Waals surface area contributed by atoms with Crippen LogP contribution in [0.25, 0.3) is 0 Å². The Labute approximate surface area is 107 Å². The molecular formula is C16H16O2. The Morgan fingerprint density at radius 1 is 1.00 bits per heavy atom. The van der Waals surface area contributed by atoms with Gasteiger partial charge in [0.2, 0.25) is 0 Å². The molecule has 0 aliphatic heterocycles. The van der Waals surface area contributed by atoms with Crippen LogP contribution >= 0.6 is 0 Å². The third-order valence-electron chi connectivity index (χ3n) is 3.07.